The smallest absolute Gasteiger partial charge is 0.306 e. The van der Waals surface area contributed by atoms with Crippen LogP contribution >= 0.6 is 0 Å². The van der Waals surface area contributed by atoms with Crippen LogP contribution in [0.25, 0.3) is 0 Å². The zero-order valence-electron chi connectivity index (χ0n) is 9.88. The lowest BCUT2D eigenvalue weighted by Gasteiger charge is -2.23. The molecule has 0 aromatic heterocycles. The number of carbonyl (C=O) groups excluding carboxylic acids is 1. The first-order valence-electron chi connectivity index (χ1n) is 5.58. The lowest BCUT2D eigenvalue weighted by Crippen LogP contribution is -2.43. The molecule has 0 bridgehead atoms. The topological polar surface area (TPSA) is 154 Å². The van der Waals surface area contributed by atoms with E-state index in [2.05, 4.69) is 0 Å². The van der Waals surface area contributed by atoms with E-state index in [1.54, 1.807) is 0 Å². The van der Waals surface area contributed by atoms with Gasteiger partial charge >= 0.3 is 11.9 Å². The van der Waals surface area contributed by atoms with Crippen molar-refractivity contribution in [1.29, 1.82) is 0 Å². The molecule has 1 aliphatic rings. The van der Waals surface area contributed by atoms with Crippen LogP contribution in [0.3, 0.4) is 0 Å². The summed E-state index contributed by atoms with van der Waals surface area (Å²) in [4.78, 5) is 21.6. The first kappa shape index (κ1) is 15.8. The number of hydrogen-bond acceptors (Lipinski definition) is 8. The van der Waals surface area contributed by atoms with Gasteiger partial charge in [0.25, 0.3) is 0 Å². The van der Waals surface area contributed by atoms with Crippen molar-refractivity contribution in [3.63, 3.8) is 0 Å². The van der Waals surface area contributed by atoms with E-state index in [1.165, 1.54) is 0 Å². The van der Waals surface area contributed by atoms with Crippen molar-refractivity contribution < 1.29 is 44.6 Å². The van der Waals surface area contributed by atoms with Crippen LogP contribution in [0.4, 0.5) is 0 Å². The molecule has 1 fully saturated rings. The molecule has 0 aromatic carbocycles. The number of aliphatic carboxylic acids is 1. The Balaban J connectivity index is 2.61. The molecule has 19 heavy (non-hydrogen) atoms. The van der Waals surface area contributed by atoms with Gasteiger partial charge in [0.1, 0.15) is 18.3 Å². The average molecular weight is 280 g/mol. The van der Waals surface area contributed by atoms with Gasteiger partial charge in [0.15, 0.2) is 12.4 Å². The second-order valence-corrected chi connectivity index (χ2v) is 4.08. The molecule has 0 aliphatic carbocycles. The van der Waals surface area contributed by atoms with Crippen LogP contribution in [0.15, 0.2) is 0 Å². The molecule has 5 N–H and O–H groups in total. The highest BCUT2D eigenvalue weighted by molar-refractivity contribution is 5.76. The maximum atomic E-state index is 11.3. The Labute approximate surface area is 108 Å². The zero-order valence-corrected chi connectivity index (χ0v) is 9.88. The molecule has 1 aliphatic heterocycles. The summed E-state index contributed by atoms with van der Waals surface area (Å²) in [5.74, 6) is -2.11. The van der Waals surface area contributed by atoms with Gasteiger partial charge in [-0.2, -0.15) is 0 Å². The third-order valence-electron chi connectivity index (χ3n) is 2.63. The molecule has 1 rings (SSSR count). The number of rotatable bonds is 6. The van der Waals surface area contributed by atoms with Crippen molar-refractivity contribution in [2.45, 2.75) is 43.5 Å². The lowest BCUT2D eigenvalue weighted by molar-refractivity contribution is -0.163. The molecular weight excluding hydrogens is 264 g/mol. The molecule has 4 unspecified atom stereocenters. The van der Waals surface area contributed by atoms with Crippen LogP contribution in [-0.4, -0.2) is 74.8 Å². The van der Waals surface area contributed by atoms with Crippen molar-refractivity contribution in [2.75, 3.05) is 6.61 Å². The van der Waals surface area contributed by atoms with Crippen molar-refractivity contribution in [3.8, 4) is 0 Å². The minimum Gasteiger partial charge on any atom is -0.481 e. The number of carboxylic acid groups (broad SMARTS) is 1. The van der Waals surface area contributed by atoms with Gasteiger partial charge in [-0.25, -0.2) is 0 Å². The molecule has 9 nitrogen and oxygen atoms in total. The van der Waals surface area contributed by atoms with Crippen LogP contribution in [0.5, 0.6) is 0 Å². The van der Waals surface area contributed by atoms with Crippen molar-refractivity contribution in [1.82, 2.24) is 0 Å². The van der Waals surface area contributed by atoms with Crippen LogP contribution < -0.4 is 0 Å². The molecule has 0 spiro atoms. The Bertz CT molecular complexity index is 331. The van der Waals surface area contributed by atoms with Crippen molar-refractivity contribution in [2.24, 2.45) is 0 Å². The van der Waals surface area contributed by atoms with Gasteiger partial charge < -0.3 is 35.0 Å². The van der Waals surface area contributed by atoms with Crippen molar-refractivity contribution >= 4 is 11.9 Å². The number of aliphatic hydroxyl groups is 4. The van der Waals surface area contributed by atoms with E-state index in [1.807, 2.05) is 0 Å². The first-order valence-corrected chi connectivity index (χ1v) is 5.58. The summed E-state index contributed by atoms with van der Waals surface area (Å²) in [5, 5.41) is 45.4. The van der Waals surface area contributed by atoms with E-state index < -0.39 is 62.1 Å². The molecule has 1 saturated heterocycles. The summed E-state index contributed by atoms with van der Waals surface area (Å²) in [6.07, 6.45) is -8.23. The highest BCUT2D eigenvalue weighted by Crippen LogP contribution is 2.25. The lowest BCUT2D eigenvalue weighted by atomic mass is 10.1. The zero-order chi connectivity index (χ0) is 14.6. The van der Waals surface area contributed by atoms with Crippen LogP contribution in [-0.2, 0) is 19.1 Å². The van der Waals surface area contributed by atoms with Gasteiger partial charge in [-0.1, -0.05) is 0 Å². The summed E-state index contributed by atoms with van der Waals surface area (Å²) in [6.45, 7) is -0.715. The third-order valence-corrected chi connectivity index (χ3v) is 2.63. The Hall–Kier alpha value is -1.26. The monoisotopic (exact) mass is 280 g/mol. The fourth-order valence-electron chi connectivity index (χ4n) is 1.65. The second kappa shape index (κ2) is 6.78. The van der Waals surface area contributed by atoms with E-state index in [-0.39, 0.29) is 0 Å². The summed E-state index contributed by atoms with van der Waals surface area (Å²) in [7, 11) is 0. The fraction of sp³-hybridized carbons (Fsp3) is 0.800. The van der Waals surface area contributed by atoms with Gasteiger partial charge in [-0.05, 0) is 0 Å². The Morgan fingerprint density at radius 3 is 2.42 bits per heavy atom. The molecular formula is C10H16O9. The van der Waals surface area contributed by atoms with Crippen LogP contribution in [0, 0.1) is 0 Å². The van der Waals surface area contributed by atoms with E-state index in [0.717, 1.165) is 0 Å². The van der Waals surface area contributed by atoms with Gasteiger partial charge in [0.2, 0.25) is 0 Å². The predicted octanol–water partition coefficient (Wildman–Crippen LogP) is -2.81. The van der Waals surface area contributed by atoms with Crippen molar-refractivity contribution in [3.05, 3.63) is 0 Å². The highest BCUT2D eigenvalue weighted by atomic mass is 16.7. The molecule has 110 valence electrons. The largest absolute Gasteiger partial charge is 0.481 e. The maximum Gasteiger partial charge on any atom is 0.306 e. The van der Waals surface area contributed by atoms with Crippen LogP contribution in [0.1, 0.15) is 12.8 Å². The summed E-state index contributed by atoms with van der Waals surface area (Å²) >= 11 is 0. The first-order chi connectivity index (χ1) is 8.86. The number of carboxylic acids is 1. The predicted molar refractivity (Wildman–Crippen MR) is 56.7 cm³/mol. The summed E-state index contributed by atoms with van der Waals surface area (Å²) < 4.78 is 9.54. The van der Waals surface area contributed by atoms with Gasteiger partial charge in [-0.15, -0.1) is 0 Å². The summed E-state index contributed by atoms with van der Waals surface area (Å²) in [5.41, 5.74) is 0. The number of aliphatic hydroxyl groups excluding tert-OH is 4. The summed E-state index contributed by atoms with van der Waals surface area (Å²) in [6, 6.07) is 0. The number of ether oxygens (including phenoxy) is 2. The molecule has 5 atom stereocenters. The quantitative estimate of drug-likeness (QED) is 0.324. The minimum atomic E-state index is -1.66. The maximum absolute atomic E-state index is 11.3. The highest BCUT2D eigenvalue weighted by Gasteiger charge is 2.48. The van der Waals surface area contributed by atoms with E-state index >= 15 is 0 Å². The fourth-order valence-corrected chi connectivity index (χ4v) is 1.65. The molecule has 0 saturated carbocycles. The van der Waals surface area contributed by atoms with E-state index in [9.17, 15) is 24.9 Å². The minimum absolute atomic E-state index is 0.420. The number of carbonyl (C=O) groups is 2. The number of esters is 1. The normalized spacial score (nSPS) is 32.0. The molecule has 9 heteroatoms. The Kier molecular flexibility index (Phi) is 5.63. The van der Waals surface area contributed by atoms with E-state index in [0.29, 0.717) is 0 Å². The molecule has 0 aromatic rings. The molecule has 1 heterocycles. The number of hydrogen-bond donors (Lipinski definition) is 5. The second-order valence-electron chi connectivity index (χ2n) is 4.08. The SMILES string of the molecule is O=C(O)CCC(=O)OC1C(O)C(O)OC1[C@H](O)CO. The Morgan fingerprint density at radius 2 is 1.89 bits per heavy atom. The Morgan fingerprint density at radius 1 is 1.26 bits per heavy atom. The van der Waals surface area contributed by atoms with Crippen LogP contribution in [0.2, 0.25) is 0 Å². The van der Waals surface area contributed by atoms with Gasteiger partial charge in [-0.3, -0.25) is 9.59 Å². The standard InChI is InChI=1S/C10H16O9/c11-3-4(12)8-9(7(16)10(17)19-8)18-6(15)2-1-5(13)14/h4,7-12,16-17H,1-3H2,(H,13,14)/t4-,7?,8?,9?,10?/m1/s1. The third kappa shape index (κ3) is 4.11. The van der Waals surface area contributed by atoms with Gasteiger partial charge in [0.05, 0.1) is 19.4 Å². The molecule has 0 radical (unpaired) electrons. The average Bonchev–Trinajstić information content (AvgIpc) is 2.63. The van der Waals surface area contributed by atoms with Gasteiger partial charge in [0, 0.05) is 0 Å². The molecule has 0 amide bonds. The van der Waals surface area contributed by atoms with E-state index in [4.69, 9.17) is 19.7 Å².